The molecule has 0 amide bonds. The molecule has 1 nitrogen and oxygen atoms in total. The summed E-state index contributed by atoms with van der Waals surface area (Å²) in [5, 5.41) is 3.27. The summed E-state index contributed by atoms with van der Waals surface area (Å²) in [5.41, 5.74) is -0.253. The zero-order valence-electron chi connectivity index (χ0n) is 10.0. The van der Waals surface area contributed by atoms with E-state index in [4.69, 9.17) is 11.6 Å². The lowest BCUT2D eigenvalue weighted by Crippen LogP contribution is -2.21. The highest BCUT2D eigenvalue weighted by atomic mass is 35.5. The van der Waals surface area contributed by atoms with Crippen LogP contribution in [0, 0.1) is 5.92 Å². The van der Waals surface area contributed by atoms with Crippen LogP contribution >= 0.6 is 11.6 Å². The maximum absolute atomic E-state index is 12.7. The Balaban J connectivity index is 2.19. The van der Waals surface area contributed by atoms with Crippen molar-refractivity contribution in [2.45, 2.75) is 38.4 Å². The summed E-state index contributed by atoms with van der Waals surface area (Å²) in [6, 6.07) is 3.85. The van der Waals surface area contributed by atoms with Crippen molar-refractivity contribution in [3.05, 3.63) is 28.8 Å². The Morgan fingerprint density at radius 1 is 1.33 bits per heavy atom. The van der Waals surface area contributed by atoms with Crippen LogP contribution in [-0.4, -0.2) is 6.04 Å². The van der Waals surface area contributed by atoms with Crippen LogP contribution in [0.15, 0.2) is 18.2 Å². The normalized spacial score (nSPS) is 17.6. The highest BCUT2D eigenvalue weighted by Crippen LogP contribution is 2.37. The number of alkyl halides is 3. The molecule has 18 heavy (non-hydrogen) atoms. The predicted octanol–water partition coefficient (Wildman–Crippen LogP) is 4.96. The second-order valence-corrected chi connectivity index (χ2v) is 5.16. The van der Waals surface area contributed by atoms with E-state index in [1.54, 1.807) is 6.07 Å². The molecule has 1 atom stereocenters. The van der Waals surface area contributed by atoms with Crippen LogP contribution in [0.3, 0.4) is 0 Å². The van der Waals surface area contributed by atoms with E-state index in [9.17, 15) is 13.2 Å². The van der Waals surface area contributed by atoms with Crippen LogP contribution in [0.2, 0.25) is 5.02 Å². The number of hydrogen-bond acceptors (Lipinski definition) is 1. The fourth-order valence-electron chi connectivity index (χ4n) is 2.10. The smallest absolute Gasteiger partial charge is 0.382 e. The lowest BCUT2D eigenvalue weighted by Gasteiger charge is -2.19. The summed E-state index contributed by atoms with van der Waals surface area (Å²) < 4.78 is 38.0. The Kier molecular flexibility index (Phi) is 3.76. The van der Waals surface area contributed by atoms with E-state index in [-0.39, 0.29) is 11.1 Å². The van der Waals surface area contributed by atoms with E-state index in [0.717, 1.165) is 31.4 Å². The molecule has 1 aromatic carbocycles. The number of halogens is 4. The first-order chi connectivity index (χ1) is 8.40. The van der Waals surface area contributed by atoms with E-state index in [1.165, 1.54) is 0 Å². The van der Waals surface area contributed by atoms with Crippen LogP contribution in [0.5, 0.6) is 0 Å². The van der Waals surface area contributed by atoms with Crippen LogP contribution in [0.4, 0.5) is 18.9 Å². The van der Waals surface area contributed by atoms with E-state index in [2.05, 4.69) is 5.32 Å². The van der Waals surface area contributed by atoms with Gasteiger partial charge in [-0.15, -0.1) is 0 Å². The molecule has 0 spiro atoms. The Bertz CT molecular complexity index is 427. The molecule has 1 aliphatic carbocycles. The topological polar surface area (TPSA) is 12.0 Å². The van der Waals surface area contributed by atoms with Crippen LogP contribution in [0.25, 0.3) is 0 Å². The van der Waals surface area contributed by atoms with Gasteiger partial charge in [-0.05, 0) is 43.4 Å². The average Bonchev–Trinajstić information content (AvgIpc) is 3.07. The van der Waals surface area contributed by atoms with Crippen molar-refractivity contribution in [1.29, 1.82) is 0 Å². The van der Waals surface area contributed by atoms with Gasteiger partial charge in [-0.2, -0.15) is 13.2 Å². The zero-order chi connectivity index (χ0) is 13.3. The molecule has 0 radical (unpaired) electrons. The lowest BCUT2D eigenvalue weighted by molar-refractivity contribution is -0.137. The van der Waals surface area contributed by atoms with Crippen LogP contribution in [-0.2, 0) is 6.18 Å². The zero-order valence-corrected chi connectivity index (χ0v) is 10.8. The van der Waals surface area contributed by atoms with Gasteiger partial charge in [0.25, 0.3) is 0 Å². The first-order valence-corrected chi connectivity index (χ1v) is 6.42. The second kappa shape index (κ2) is 5.00. The Morgan fingerprint density at radius 3 is 2.50 bits per heavy atom. The van der Waals surface area contributed by atoms with Gasteiger partial charge in [0.05, 0.1) is 5.56 Å². The van der Waals surface area contributed by atoms with Crippen LogP contribution < -0.4 is 5.32 Å². The van der Waals surface area contributed by atoms with Gasteiger partial charge in [0, 0.05) is 16.8 Å². The molecule has 0 aliphatic heterocycles. The van der Waals surface area contributed by atoms with Gasteiger partial charge in [-0.3, -0.25) is 0 Å². The van der Waals surface area contributed by atoms with Crippen molar-refractivity contribution in [2.24, 2.45) is 5.92 Å². The summed E-state index contributed by atoms with van der Waals surface area (Å²) in [6.45, 7) is 2.03. The maximum atomic E-state index is 12.7. The number of benzene rings is 1. The lowest BCUT2D eigenvalue weighted by atomic mass is 10.1. The van der Waals surface area contributed by atoms with Gasteiger partial charge in [-0.1, -0.05) is 18.5 Å². The van der Waals surface area contributed by atoms with Crippen molar-refractivity contribution in [2.75, 3.05) is 5.32 Å². The average molecular weight is 278 g/mol. The molecule has 1 aromatic rings. The number of hydrogen-bond donors (Lipinski definition) is 1. The molecule has 1 aliphatic rings. The fraction of sp³-hybridized carbons (Fsp3) is 0.538. The van der Waals surface area contributed by atoms with Gasteiger partial charge in [0.2, 0.25) is 0 Å². The Hall–Kier alpha value is -0.900. The third-order valence-corrected chi connectivity index (χ3v) is 3.43. The van der Waals surface area contributed by atoms with E-state index in [0.29, 0.717) is 11.6 Å². The summed E-state index contributed by atoms with van der Waals surface area (Å²) in [6.07, 6.45) is -1.16. The largest absolute Gasteiger partial charge is 0.416 e. The quantitative estimate of drug-likeness (QED) is 0.820. The third-order valence-electron chi connectivity index (χ3n) is 3.21. The van der Waals surface area contributed by atoms with Crippen molar-refractivity contribution in [3.8, 4) is 0 Å². The number of anilines is 1. The van der Waals surface area contributed by atoms with E-state index < -0.39 is 11.7 Å². The summed E-state index contributed by atoms with van der Waals surface area (Å²) in [7, 11) is 0. The Labute approximate surface area is 109 Å². The van der Waals surface area contributed by atoms with Crippen molar-refractivity contribution in [1.82, 2.24) is 0 Å². The van der Waals surface area contributed by atoms with Gasteiger partial charge < -0.3 is 5.32 Å². The molecule has 5 heteroatoms. The molecule has 0 bridgehead atoms. The van der Waals surface area contributed by atoms with Gasteiger partial charge >= 0.3 is 6.18 Å². The first-order valence-electron chi connectivity index (χ1n) is 6.04. The monoisotopic (exact) mass is 277 g/mol. The molecular weight excluding hydrogens is 263 g/mol. The maximum Gasteiger partial charge on any atom is 0.416 e. The minimum Gasteiger partial charge on any atom is -0.382 e. The summed E-state index contributed by atoms with van der Waals surface area (Å²) in [5.74, 6) is 0.586. The minimum atomic E-state index is -4.36. The SMILES string of the molecule is CCC(Nc1cc(Cl)cc(C(F)(F)F)c1)C1CC1. The molecule has 1 saturated carbocycles. The molecule has 0 saturated heterocycles. The van der Waals surface area contributed by atoms with Gasteiger partial charge in [-0.25, -0.2) is 0 Å². The molecule has 0 heterocycles. The van der Waals surface area contributed by atoms with Crippen molar-refractivity contribution < 1.29 is 13.2 Å². The fourth-order valence-corrected chi connectivity index (χ4v) is 2.34. The van der Waals surface area contributed by atoms with E-state index >= 15 is 0 Å². The molecular formula is C13H15ClF3N. The molecule has 1 fully saturated rings. The number of rotatable bonds is 4. The van der Waals surface area contributed by atoms with Crippen molar-refractivity contribution >= 4 is 17.3 Å². The summed E-state index contributed by atoms with van der Waals surface area (Å²) >= 11 is 5.74. The molecule has 1 N–H and O–H groups in total. The molecule has 1 unspecified atom stereocenters. The highest BCUT2D eigenvalue weighted by molar-refractivity contribution is 6.30. The Morgan fingerprint density at radius 2 is 2.00 bits per heavy atom. The molecule has 2 rings (SSSR count). The van der Waals surface area contributed by atoms with Crippen LogP contribution in [0.1, 0.15) is 31.7 Å². The van der Waals surface area contributed by atoms with Crippen molar-refractivity contribution in [3.63, 3.8) is 0 Å². The van der Waals surface area contributed by atoms with Gasteiger partial charge in [0.1, 0.15) is 0 Å². The second-order valence-electron chi connectivity index (χ2n) is 4.72. The number of nitrogens with one attached hydrogen (secondary N) is 1. The molecule has 100 valence electrons. The first kappa shape index (κ1) is 13.5. The standard InChI is InChI=1S/C13H15ClF3N/c1-2-12(8-3-4-8)18-11-6-9(13(15,16)17)5-10(14)7-11/h5-8,12,18H,2-4H2,1H3. The molecule has 0 aromatic heterocycles. The van der Waals surface area contributed by atoms with E-state index in [1.807, 2.05) is 6.92 Å². The summed E-state index contributed by atoms with van der Waals surface area (Å²) in [4.78, 5) is 0. The third kappa shape index (κ3) is 3.31. The minimum absolute atomic E-state index is 0.109. The highest BCUT2D eigenvalue weighted by Gasteiger charge is 2.33. The van der Waals surface area contributed by atoms with Gasteiger partial charge in [0.15, 0.2) is 0 Å². The predicted molar refractivity (Wildman–Crippen MR) is 66.9 cm³/mol.